The van der Waals surface area contributed by atoms with Gasteiger partial charge in [0.15, 0.2) is 23.3 Å². The Morgan fingerprint density at radius 1 is 1.00 bits per heavy atom. The first-order chi connectivity index (χ1) is 14.6. The van der Waals surface area contributed by atoms with Gasteiger partial charge < -0.3 is 0 Å². The van der Waals surface area contributed by atoms with Gasteiger partial charge in [-0.2, -0.15) is 9.41 Å². The number of nitrogens with one attached hydrogen (secondary N) is 1. The van der Waals surface area contributed by atoms with Crippen molar-refractivity contribution < 1.29 is 35.3 Å². The van der Waals surface area contributed by atoms with Gasteiger partial charge in [0.1, 0.15) is 5.69 Å². The molecule has 1 heterocycles. The zero-order valence-corrected chi connectivity index (χ0v) is 16.2. The number of benzene rings is 2. The maximum Gasteiger partial charge on any atom is 0.295 e. The first-order valence-corrected chi connectivity index (χ1v) is 10.1. The second-order valence-corrected chi connectivity index (χ2v) is 8.34. The van der Waals surface area contributed by atoms with Gasteiger partial charge in [-0.3, -0.25) is 15.5 Å². The van der Waals surface area contributed by atoms with Crippen molar-refractivity contribution in [2.45, 2.75) is 17.7 Å². The molecule has 0 atom stereocenters. The Bertz CT molecular complexity index is 1150. The molecule has 0 unspecified atom stereocenters. The number of halogens is 5. The van der Waals surface area contributed by atoms with Gasteiger partial charge in [0.05, 0.1) is 21.6 Å². The molecule has 0 aromatic heterocycles. The fourth-order valence-electron chi connectivity index (χ4n) is 2.90. The SMILES string of the molecule is O=[N+]([O-])c1cc(S(=O)(=O)N2CCCC2)ccc1N/N=C/c1c(F)c(F)c(F)c(F)c1F. The van der Waals surface area contributed by atoms with Crippen molar-refractivity contribution in [3.8, 4) is 0 Å². The summed E-state index contributed by atoms with van der Waals surface area (Å²) in [5.74, 6) is -11.0. The van der Waals surface area contributed by atoms with E-state index in [-0.39, 0.29) is 29.9 Å². The molecule has 1 fully saturated rings. The van der Waals surface area contributed by atoms with E-state index in [9.17, 15) is 40.5 Å². The highest BCUT2D eigenvalue weighted by molar-refractivity contribution is 7.89. The molecule has 1 aliphatic rings. The number of nitro benzene ring substituents is 1. The smallest absolute Gasteiger partial charge is 0.272 e. The number of sulfonamides is 1. The molecule has 2 aromatic rings. The van der Waals surface area contributed by atoms with Gasteiger partial charge in [-0.05, 0) is 25.0 Å². The van der Waals surface area contributed by atoms with Crippen molar-refractivity contribution in [2.75, 3.05) is 18.5 Å². The van der Waals surface area contributed by atoms with Crippen molar-refractivity contribution in [1.82, 2.24) is 4.31 Å². The summed E-state index contributed by atoms with van der Waals surface area (Å²) < 4.78 is 93.1. The van der Waals surface area contributed by atoms with E-state index in [0.717, 1.165) is 18.2 Å². The van der Waals surface area contributed by atoms with Crippen LogP contribution in [0.3, 0.4) is 0 Å². The standard InChI is InChI=1S/C17H13F5N4O4S/c18-13-10(14(19)16(21)17(22)15(13)20)8-23-24-11-4-3-9(7-12(11)26(27)28)31(29,30)25-5-1-2-6-25/h3-4,7-8,24H,1-2,5-6H2/b23-8+. The average molecular weight is 464 g/mol. The van der Waals surface area contributed by atoms with Crippen LogP contribution >= 0.6 is 0 Å². The topological polar surface area (TPSA) is 105 Å². The number of nitrogens with zero attached hydrogens (tertiary/aromatic N) is 3. The largest absolute Gasteiger partial charge is 0.295 e. The third-order valence-electron chi connectivity index (χ3n) is 4.49. The summed E-state index contributed by atoms with van der Waals surface area (Å²) in [5, 5.41) is 14.6. The molecule has 0 bridgehead atoms. The van der Waals surface area contributed by atoms with E-state index >= 15 is 0 Å². The lowest BCUT2D eigenvalue weighted by molar-refractivity contribution is -0.384. The number of hydrogen-bond donors (Lipinski definition) is 1. The van der Waals surface area contributed by atoms with Gasteiger partial charge in [0.2, 0.25) is 15.8 Å². The third-order valence-corrected chi connectivity index (χ3v) is 6.39. The van der Waals surface area contributed by atoms with Crippen LogP contribution in [0, 0.1) is 39.2 Å². The predicted octanol–water partition coefficient (Wildman–Crippen LogP) is 3.52. The summed E-state index contributed by atoms with van der Waals surface area (Å²) in [6, 6.07) is 2.85. The molecule has 14 heteroatoms. The predicted molar refractivity (Wildman–Crippen MR) is 98.5 cm³/mol. The Labute approximate surface area is 172 Å². The molecule has 1 N–H and O–H groups in total. The van der Waals surface area contributed by atoms with Crippen molar-refractivity contribution in [3.05, 3.63) is 63.0 Å². The van der Waals surface area contributed by atoms with Crippen molar-refractivity contribution in [2.24, 2.45) is 5.10 Å². The molecular formula is C17H13F5N4O4S. The van der Waals surface area contributed by atoms with Crippen LogP contribution in [0.1, 0.15) is 18.4 Å². The molecule has 1 saturated heterocycles. The second-order valence-electron chi connectivity index (χ2n) is 6.40. The lowest BCUT2D eigenvalue weighted by Gasteiger charge is -2.15. The minimum absolute atomic E-state index is 0.259. The summed E-state index contributed by atoms with van der Waals surface area (Å²) in [7, 11) is -3.96. The number of anilines is 1. The van der Waals surface area contributed by atoms with E-state index in [2.05, 4.69) is 5.10 Å². The van der Waals surface area contributed by atoms with Crippen LogP contribution in [0.4, 0.5) is 33.3 Å². The van der Waals surface area contributed by atoms with Gasteiger partial charge in [-0.15, -0.1) is 0 Å². The van der Waals surface area contributed by atoms with Crippen molar-refractivity contribution >= 4 is 27.6 Å². The molecule has 0 amide bonds. The monoisotopic (exact) mass is 464 g/mol. The average Bonchev–Trinajstić information content (AvgIpc) is 3.29. The number of hydrazone groups is 1. The minimum atomic E-state index is -3.96. The van der Waals surface area contributed by atoms with E-state index in [4.69, 9.17) is 0 Å². The Balaban J connectivity index is 1.92. The molecule has 3 rings (SSSR count). The fourth-order valence-corrected chi connectivity index (χ4v) is 4.43. The Kier molecular flexibility index (Phi) is 6.22. The first kappa shape index (κ1) is 22.6. The summed E-state index contributed by atoms with van der Waals surface area (Å²) in [5.41, 5.74) is -0.412. The Hall–Kier alpha value is -3.13. The van der Waals surface area contributed by atoms with Gasteiger partial charge >= 0.3 is 0 Å². The second kappa shape index (κ2) is 8.55. The molecule has 2 aromatic carbocycles. The quantitative estimate of drug-likeness (QED) is 0.176. The van der Waals surface area contributed by atoms with E-state index in [1.807, 2.05) is 5.43 Å². The fraction of sp³-hybridized carbons (Fsp3) is 0.235. The van der Waals surface area contributed by atoms with Crippen LogP contribution in [-0.2, 0) is 10.0 Å². The van der Waals surface area contributed by atoms with E-state index in [0.29, 0.717) is 12.8 Å². The first-order valence-electron chi connectivity index (χ1n) is 8.64. The van der Waals surface area contributed by atoms with Crippen LogP contribution in [-0.4, -0.2) is 37.0 Å². The van der Waals surface area contributed by atoms with Crippen LogP contribution in [0.5, 0.6) is 0 Å². The van der Waals surface area contributed by atoms with E-state index in [1.54, 1.807) is 0 Å². The molecule has 31 heavy (non-hydrogen) atoms. The van der Waals surface area contributed by atoms with Gasteiger partial charge in [-0.25, -0.2) is 30.4 Å². The Morgan fingerprint density at radius 3 is 2.10 bits per heavy atom. The molecule has 8 nitrogen and oxygen atoms in total. The van der Waals surface area contributed by atoms with E-state index < -0.39 is 55.3 Å². The maximum atomic E-state index is 13.6. The van der Waals surface area contributed by atoms with Crippen LogP contribution in [0.2, 0.25) is 0 Å². The van der Waals surface area contributed by atoms with Gasteiger partial charge in [0, 0.05) is 19.2 Å². The zero-order valence-electron chi connectivity index (χ0n) is 15.4. The normalized spacial score (nSPS) is 15.0. The molecule has 0 spiro atoms. The van der Waals surface area contributed by atoms with Crippen LogP contribution in [0.15, 0.2) is 28.2 Å². The molecular weight excluding hydrogens is 451 g/mol. The third kappa shape index (κ3) is 4.20. The highest BCUT2D eigenvalue weighted by Gasteiger charge is 2.29. The summed E-state index contributed by atoms with van der Waals surface area (Å²) in [6.45, 7) is 0.560. The van der Waals surface area contributed by atoms with E-state index in [1.165, 1.54) is 4.31 Å². The van der Waals surface area contributed by atoms with Crippen LogP contribution < -0.4 is 5.43 Å². The Morgan fingerprint density at radius 2 is 1.55 bits per heavy atom. The molecule has 0 radical (unpaired) electrons. The van der Waals surface area contributed by atoms with Gasteiger partial charge in [-0.1, -0.05) is 0 Å². The number of nitro groups is 1. The summed E-state index contributed by atoms with van der Waals surface area (Å²) in [6.07, 6.45) is 1.58. The van der Waals surface area contributed by atoms with Crippen molar-refractivity contribution in [3.63, 3.8) is 0 Å². The number of hydrogen-bond acceptors (Lipinski definition) is 6. The van der Waals surface area contributed by atoms with Crippen LogP contribution in [0.25, 0.3) is 0 Å². The lowest BCUT2D eigenvalue weighted by atomic mass is 10.2. The molecule has 1 aliphatic heterocycles. The maximum absolute atomic E-state index is 13.6. The zero-order chi connectivity index (χ0) is 22.9. The number of rotatable bonds is 6. The lowest BCUT2D eigenvalue weighted by Crippen LogP contribution is -2.27. The molecule has 0 saturated carbocycles. The highest BCUT2D eigenvalue weighted by Crippen LogP contribution is 2.30. The molecule has 166 valence electrons. The van der Waals surface area contributed by atoms with Gasteiger partial charge in [0.25, 0.3) is 5.69 Å². The molecule has 0 aliphatic carbocycles. The summed E-state index contributed by atoms with van der Waals surface area (Å²) >= 11 is 0. The minimum Gasteiger partial charge on any atom is -0.272 e. The van der Waals surface area contributed by atoms with Crippen molar-refractivity contribution in [1.29, 1.82) is 0 Å². The highest BCUT2D eigenvalue weighted by atomic mass is 32.2. The summed E-state index contributed by atoms with van der Waals surface area (Å²) in [4.78, 5) is 10.1.